The predicted molar refractivity (Wildman–Crippen MR) is 162 cm³/mol. The third-order valence-corrected chi connectivity index (χ3v) is 9.51. The first-order chi connectivity index (χ1) is 20.1. The van der Waals surface area contributed by atoms with Gasteiger partial charge in [0, 0.05) is 14.0 Å². The van der Waals surface area contributed by atoms with Crippen molar-refractivity contribution in [2.24, 2.45) is 11.7 Å². The summed E-state index contributed by atoms with van der Waals surface area (Å²) in [7, 11) is -2.52. The lowest BCUT2D eigenvalue weighted by atomic mass is 9.64. The summed E-state index contributed by atoms with van der Waals surface area (Å²) < 4.78 is 39.0. The minimum atomic E-state index is -4.27. The smallest absolute Gasteiger partial charge is 0.244 e. The van der Waals surface area contributed by atoms with Gasteiger partial charge in [-0.25, -0.2) is 8.42 Å². The Morgan fingerprint density at radius 3 is 2.05 bits per heavy atom. The molecule has 2 atom stereocenters. The molecule has 2 N–H and O–H groups in total. The van der Waals surface area contributed by atoms with Crippen LogP contribution >= 0.6 is 0 Å². The third kappa shape index (κ3) is 6.75. The second kappa shape index (κ2) is 13.6. The van der Waals surface area contributed by atoms with Gasteiger partial charge in [0.25, 0.3) is 0 Å². The summed E-state index contributed by atoms with van der Waals surface area (Å²) in [5.74, 6) is 1.24. The molecule has 0 aromatic heterocycles. The number of carbonyl (C=O) groups excluding carboxylic acids is 1. The van der Waals surface area contributed by atoms with Gasteiger partial charge in [-0.1, -0.05) is 78.4 Å². The summed E-state index contributed by atoms with van der Waals surface area (Å²) in [4.78, 5) is 15.5. The number of primary amides is 1. The minimum absolute atomic E-state index is 0.167. The first-order valence-corrected chi connectivity index (χ1v) is 15.8. The van der Waals surface area contributed by atoms with Crippen molar-refractivity contribution in [2.75, 3.05) is 33.4 Å². The van der Waals surface area contributed by atoms with E-state index in [0.29, 0.717) is 6.04 Å². The Kier molecular flexibility index (Phi) is 10.2. The number of nitrogens with zero attached hydrogens (tertiary/aromatic N) is 2. The molecule has 1 heterocycles. The van der Waals surface area contributed by atoms with Crippen molar-refractivity contribution in [3.63, 3.8) is 0 Å². The molecule has 42 heavy (non-hydrogen) atoms. The van der Waals surface area contributed by atoms with Crippen LogP contribution in [0.4, 0.5) is 0 Å². The van der Waals surface area contributed by atoms with E-state index < -0.39 is 15.5 Å². The molecule has 3 aromatic carbocycles. The predicted octanol–water partition coefficient (Wildman–Crippen LogP) is 3.92. The van der Waals surface area contributed by atoms with Gasteiger partial charge in [0.2, 0.25) is 11.7 Å². The summed E-state index contributed by atoms with van der Waals surface area (Å²) in [5.41, 5.74) is 8.37. The van der Waals surface area contributed by atoms with Crippen LogP contribution in [0.3, 0.4) is 0 Å². The highest BCUT2D eigenvalue weighted by Crippen LogP contribution is 2.47. The molecular formula is C33H41N3O5S. The number of rotatable bonds is 9. The number of nitrogens with two attached hydrogens (primary N) is 1. The molecule has 0 spiro atoms. The van der Waals surface area contributed by atoms with Crippen LogP contribution in [0.15, 0.2) is 89.8 Å². The molecule has 1 saturated carbocycles. The van der Waals surface area contributed by atoms with Gasteiger partial charge >= 0.3 is 0 Å². The van der Waals surface area contributed by atoms with Gasteiger partial charge in [0.05, 0.1) is 17.5 Å². The molecule has 9 heteroatoms. The van der Waals surface area contributed by atoms with E-state index in [1.54, 1.807) is 19.2 Å². The van der Waals surface area contributed by atoms with Crippen LogP contribution in [0.2, 0.25) is 0 Å². The standard InChI is InChI=1S/C26H33N3O2.C7H8O3S/c1-20-28(17-18-31-2)15-16-29(20)24-14-13-23(19-24)26(25(27)30,21-9-5-3-6-10-21)22-11-7-4-8-12-22;1-6-2-4-7(5-3-6)11(8,9)10/h3-12,23-24H,13-19H2,1-2H3,(H-,27,30);2-5H,1H3,(H,8,9,10)/t23-,24+;/m1./s1. The maximum absolute atomic E-state index is 13.3. The molecule has 8 nitrogen and oxygen atoms in total. The number of ether oxygens (including phenoxy) is 1. The van der Waals surface area contributed by atoms with Gasteiger partial charge in [-0.05, 0) is 55.4 Å². The zero-order chi connectivity index (χ0) is 30.3. The van der Waals surface area contributed by atoms with Crippen LogP contribution in [0.25, 0.3) is 0 Å². The molecule has 3 aromatic rings. The van der Waals surface area contributed by atoms with E-state index in [9.17, 15) is 17.8 Å². The van der Waals surface area contributed by atoms with E-state index >= 15 is 0 Å². The maximum Gasteiger partial charge on any atom is 0.244 e. The van der Waals surface area contributed by atoms with Gasteiger partial charge in [-0.3, -0.25) is 14.3 Å². The lowest BCUT2D eigenvalue weighted by Gasteiger charge is -2.37. The van der Waals surface area contributed by atoms with Gasteiger partial charge in [0.15, 0.2) is 0 Å². The van der Waals surface area contributed by atoms with Gasteiger partial charge < -0.3 is 15.0 Å². The van der Waals surface area contributed by atoms with Crippen molar-refractivity contribution in [2.45, 2.75) is 49.5 Å². The third-order valence-electron chi connectivity index (χ3n) is 8.66. The average Bonchev–Trinajstić information content (AvgIpc) is 3.60. The van der Waals surface area contributed by atoms with Crippen molar-refractivity contribution < 1.29 is 27.1 Å². The number of amidine groups is 1. The van der Waals surface area contributed by atoms with Gasteiger partial charge in [0.1, 0.15) is 35.2 Å². The Hall–Kier alpha value is -3.53. The lowest BCUT2D eigenvalue weighted by molar-refractivity contribution is -0.556. The van der Waals surface area contributed by atoms with E-state index in [4.69, 9.17) is 10.5 Å². The fraction of sp³-hybridized carbons (Fsp3) is 0.394. The zero-order valence-corrected chi connectivity index (χ0v) is 25.4. The Bertz CT molecular complexity index is 1440. The van der Waals surface area contributed by atoms with Crippen molar-refractivity contribution in [3.8, 4) is 0 Å². The minimum Gasteiger partial charge on any atom is -0.744 e. The number of amides is 1. The van der Waals surface area contributed by atoms with Crippen LogP contribution in [-0.4, -0.2) is 73.6 Å². The highest BCUT2D eigenvalue weighted by Gasteiger charge is 2.51. The molecule has 1 fully saturated rings. The van der Waals surface area contributed by atoms with Gasteiger partial charge in [-0.15, -0.1) is 0 Å². The first kappa shape index (κ1) is 31.4. The molecule has 0 saturated heterocycles. The number of carbonyl (C=O) groups is 1. The first-order valence-electron chi connectivity index (χ1n) is 14.4. The number of hydrogen-bond donors (Lipinski definition) is 1. The molecule has 5 rings (SSSR count). The molecule has 224 valence electrons. The number of methoxy groups -OCH3 is 1. The molecular weight excluding hydrogens is 550 g/mol. The van der Waals surface area contributed by atoms with Gasteiger partial charge in [-0.2, -0.15) is 0 Å². The van der Waals surface area contributed by atoms with E-state index in [1.165, 1.54) is 18.0 Å². The monoisotopic (exact) mass is 591 g/mol. The second-order valence-electron chi connectivity index (χ2n) is 11.1. The summed E-state index contributed by atoms with van der Waals surface area (Å²) in [5, 5.41) is 0. The van der Waals surface area contributed by atoms with Crippen molar-refractivity contribution >= 4 is 21.9 Å². The SMILES string of the molecule is COCCN1CC[N+]([C@H]2CC[C@@H](C(C(N)=O)(c3ccccc3)c3ccccc3)C2)=C1C.Cc1ccc(S(=O)(=O)[O-])cc1. The Morgan fingerprint density at radius 1 is 0.976 bits per heavy atom. The molecule has 2 aliphatic rings. The van der Waals surface area contributed by atoms with E-state index in [2.05, 4.69) is 40.7 Å². The fourth-order valence-electron chi connectivity index (χ4n) is 6.52. The number of hydrogen-bond acceptors (Lipinski definition) is 6. The van der Waals surface area contributed by atoms with Crippen LogP contribution < -0.4 is 5.73 Å². The molecule has 0 unspecified atom stereocenters. The summed E-state index contributed by atoms with van der Waals surface area (Å²) in [6.45, 7) is 7.77. The average molecular weight is 592 g/mol. The highest BCUT2D eigenvalue weighted by atomic mass is 32.2. The Morgan fingerprint density at radius 2 is 1.55 bits per heavy atom. The van der Waals surface area contributed by atoms with E-state index in [-0.39, 0.29) is 16.7 Å². The maximum atomic E-state index is 13.3. The van der Waals surface area contributed by atoms with Crippen LogP contribution in [0.1, 0.15) is 42.9 Å². The van der Waals surface area contributed by atoms with E-state index in [1.807, 2.05) is 43.3 Å². The Balaban J connectivity index is 0.000000310. The number of benzene rings is 3. The molecule has 0 bridgehead atoms. The van der Waals surface area contributed by atoms with E-state index in [0.717, 1.165) is 62.2 Å². The summed E-state index contributed by atoms with van der Waals surface area (Å²) >= 11 is 0. The topological polar surface area (TPSA) is 116 Å². The molecule has 0 radical (unpaired) electrons. The normalized spacial score (nSPS) is 19.0. The molecule has 1 amide bonds. The molecule has 1 aliphatic carbocycles. The largest absolute Gasteiger partial charge is 0.744 e. The molecule has 1 aliphatic heterocycles. The van der Waals surface area contributed by atoms with Crippen molar-refractivity contribution in [1.82, 2.24) is 4.90 Å². The quantitative estimate of drug-likeness (QED) is 0.298. The lowest BCUT2D eigenvalue weighted by Crippen LogP contribution is -2.48. The number of aryl methyl sites for hydroxylation is 1. The summed E-state index contributed by atoms with van der Waals surface area (Å²) in [6, 6.07) is 26.5. The fourth-order valence-corrected chi connectivity index (χ4v) is 6.99. The summed E-state index contributed by atoms with van der Waals surface area (Å²) in [6.07, 6.45) is 3.02. The van der Waals surface area contributed by atoms with Crippen LogP contribution in [0, 0.1) is 12.8 Å². The zero-order valence-electron chi connectivity index (χ0n) is 24.6. The second-order valence-corrected chi connectivity index (χ2v) is 12.4. The van der Waals surface area contributed by atoms with Crippen LogP contribution in [-0.2, 0) is 25.1 Å². The van der Waals surface area contributed by atoms with Crippen molar-refractivity contribution in [3.05, 3.63) is 102 Å². The highest BCUT2D eigenvalue weighted by molar-refractivity contribution is 7.85. The Labute approximate surface area is 249 Å². The van der Waals surface area contributed by atoms with Crippen molar-refractivity contribution in [1.29, 1.82) is 0 Å². The van der Waals surface area contributed by atoms with Crippen LogP contribution in [0.5, 0.6) is 0 Å².